The average molecular weight is 335 g/mol. The van der Waals surface area contributed by atoms with Gasteiger partial charge in [0.2, 0.25) is 10.0 Å². The maximum Gasteiger partial charge on any atom is 0.240 e. The van der Waals surface area contributed by atoms with E-state index in [2.05, 4.69) is 4.72 Å². The van der Waals surface area contributed by atoms with Crippen LogP contribution >= 0.6 is 11.6 Å². The summed E-state index contributed by atoms with van der Waals surface area (Å²) >= 11 is 5.74. The second-order valence-electron chi connectivity index (χ2n) is 5.42. The molecule has 0 unspecified atom stereocenters. The number of sulfonamides is 1. The van der Waals surface area contributed by atoms with Crippen LogP contribution in [0.4, 0.5) is 4.39 Å². The minimum atomic E-state index is -3.73. The predicted octanol–water partition coefficient (Wildman–Crippen LogP) is 2.80. The zero-order valence-electron chi connectivity index (χ0n) is 11.7. The van der Waals surface area contributed by atoms with E-state index in [0.29, 0.717) is 12.5 Å². The van der Waals surface area contributed by atoms with Gasteiger partial charge in [-0.2, -0.15) is 0 Å². The van der Waals surface area contributed by atoms with Gasteiger partial charge in [0.25, 0.3) is 0 Å². The zero-order valence-corrected chi connectivity index (χ0v) is 13.3. The van der Waals surface area contributed by atoms with Crippen molar-refractivity contribution in [2.75, 3.05) is 6.54 Å². The summed E-state index contributed by atoms with van der Waals surface area (Å²) in [6, 6.07) is 2.25. The molecule has 0 spiro atoms. The molecule has 1 aromatic rings. The van der Waals surface area contributed by atoms with Gasteiger partial charge in [0.05, 0.1) is 9.92 Å². The highest BCUT2D eigenvalue weighted by atomic mass is 35.5. The molecule has 0 radical (unpaired) electrons. The summed E-state index contributed by atoms with van der Waals surface area (Å²) in [5.41, 5.74) is 5.73. The number of nitrogens with two attached hydrogens (primary N) is 1. The van der Waals surface area contributed by atoms with Crippen molar-refractivity contribution < 1.29 is 12.8 Å². The van der Waals surface area contributed by atoms with Crippen molar-refractivity contribution in [3.8, 4) is 0 Å². The number of hydrogen-bond donors (Lipinski definition) is 2. The van der Waals surface area contributed by atoms with E-state index in [0.717, 1.165) is 25.3 Å². The maximum atomic E-state index is 13.6. The van der Waals surface area contributed by atoms with Crippen LogP contribution in [0, 0.1) is 11.7 Å². The number of nitrogens with one attached hydrogen (secondary N) is 1. The average Bonchev–Trinajstić information content (AvgIpc) is 2.94. The molecule has 3 N–H and O–H groups in total. The fourth-order valence-corrected chi connectivity index (χ4v) is 4.00. The Balaban J connectivity index is 2.06. The molecule has 0 aromatic heterocycles. The van der Waals surface area contributed by atoms with E-state index in [1.807, 2.05) is 0 Å². The monoisotopic (exact) mass is 334 g/mol. The van der Waals surface area contributed by atoms with Gasteiger partial charge in [-0.1, -0.05) is 37.3 Å². The summed E-state index contributed by atoms with van der Waals surface area (Å²) in [5, 5.41) is -0.123. The highest BCUT2D eigenvalue weighted by Gasteiger charge is 2.20. The summed E-state index contributed by atoms with van der Waals surface area (Å²) in [5.74, 6) is -0.176. The van der Waals surface area contributed by atoms with E-state index in [1.54, 1.807) is 0 Å². The SMILES string of the molecule is NCc1cc(S(=O)(=O)NCCC2CCCC2)cc(F)c1Cl. The van der Waals surface area contributed by atoms with Gasteiger partial charge in [0, 0.05) is 13.1 Å². The van der Waals surface area contributed by atoms with Gasteiger partial charge in [0.1, 0.15) is 5.82 Å². The minimum absolute atomic E-state index is 0.0127. The molecule has 1 saturated carbocycles. The van der Waals surface area contributed by atoms with Crippen molar-refractivity contribution in [3.63, 3.8) is 0 Å². The lowest BCUT2D eigenvalue weighted by Gasteiger charge is -2.12. The molecule has 0 bridgehead atoms. The smallest absolute Gasteiger partial charge is 0.240 e. The largest absolute Gasteiger partial charge is 0.326 e. The van der Waals surface area contributed by atoms with E-state index in [4.69, 9.17) is 17.3 Å². The second kappa shape index (κ2) is 7.05. The quantitative estimate of drug-likeness (QED) is 0.840. The molecule has 1 aliphatic carbocycles. The highest BCUT2D eigenvalue weighted by molar-refractivity contribution is 7.89. The van der Waals surface area contributed by atoms with Gasteiger partial charge >= 0.3 is 0 Å². The molecule has 21 heavy (non-hydrogen) atoms. The number of rotatable bonds is 6. The van der Waals surface area contributed by atoms with Gasteiger partial charge in [-0.05, 0) is 30.0 Å². The molecule has 1 fully saturated rings. The Hall–Kier alpha value is -0.690. The fourth-order valence-electron chi connectivity index (χ4n) is 2.70. The molecule has 0 saturated heterocycles. The maximum absolute atomic E-state index is 13.6. The molecule has 0 amide bonds. The molecular formula is C14H20ClFN2O2S. The topological polar surface area (TPSA) is 72.2 Å². The van der Waals surface area contributed by atoms with Crippen LogP contribution in [0.5, 0.6) is 0 Å². The van der Waals surface area contributed by atoms with Crippen LogP contribution in [0.1, 0.15) is 37.7 Å². The van der Waals surface area contributed by atoms with Gasteiger partial charge in [-0.15, -0.1) is 0 Å². The molecular weight excluding hydrogens is 315 g/mol. The Bertz CT molecular complexity index is 601. The molecule has 2 rings (SSSR count). The number of benzene rings is 1. The molecule has 0 aliphatic heterocycles. The molecule has 0 atom stereocenters. The number of hydrogen-bond acceptors (Lipinski definition) is 3. The van der Waals surface area contributed by atoms with Gasteiger partial charge in [-0.3, -0.25) is 0 Å². The summed E-state index contributed by atoms with van der Waals surface area (Å²) in [6.07, 6.45) is 5.58. The third-order valence-corrected chi connectivity index (χ3v) is 5.79. The molecule has 7 heteroatoms. The third-order valence-electron chi connectivity index (χ3n) is 3.93. The third kappa shape index (κ3) is 4.16. The first kappa shape index (κ1) is 16.7. The molecule has 4 nitrogen and oxygen atoms in total. The van der Waals surface area contributed by atoms with Gasteiger partial charge in [-0.25, -0.2) is 17.5 Å². The van der Waals surface area contributed by atoms with Crippen molar-refractivity contribution in [1.29, 1.82) is 0 Å². The normalized spacial score (nSPS) is 16.5. The van der Waals surface area contributed by atoms with Gasteiger partial charge in [0.15, 0.2) is 0 Å². The van der Waals surface area contributed by atoms with Crippen LogP contribution in [0.3, 0.4) is 0 Å². The summed E-state index contributed by atoms with van der Waals surface area (Å²) in [6.45, 7) is 0.358. The molecule has 118 valence electrons. The lowest BCUT2D eigenvalue weighted by molar-refractivity contribution is 0.495. The number of halogens is 2. The van der Waals surface area contributed by atoms with Crippen LogP contribution < -0.4 is 10.5 Å². The van der Waals surface area contributed by atoms with Crippen LogP contribution in [0.15, 0.2) is 17.0 Å². The van der Waals surface area contributed by atoms with E-state index < -0.39 is 15.8 Å². The van der Waals surface area contributed by atoms with Crippen molar-refractivity contribution in [2.24, 2.45) is 11.7 Å². The summed E-state index contributed by atoms with van der Waals surface area (Å²) < 4.78 is 40.5. The Labute approximate surface area is 129 Å². The Morgan fingerprint density at radius 2 is 2.00 bits per heavy atom. The van der Waals surface area contributed by atoms with E-state index in [9.17, 15) is 12.8 Å². The minimum Gasteiger partial charge on any atom is -0.326 e. The highest BCUT2D eigenvalue weighted by Crippen LogP contribution is 2.27. The Kier molecular flexibility index (Phi) is 5.60. The molecule has 1 aromatic carbocycles. The second-order valence-corrected chi connectivity index (χ2v) is 7.56. The fraction of sp³-hybridized carbons (Fsp3) is 0.571. The van der Waals surface area contributed by atoms with Crippen molar-refractivity contribution >= 4 is 21.6 Å². The Morgan fingerprint density at radius 3 is 2.62 bits per heavy atom. The van der Waals surface area contributed by atoms with Crippen LogP contribution in [-0.4, -0.2) is 15.0 Å². The van der Waals surface area contributed by atoms with Crippen LogP contribution in [-0.2, 0) is 16.6 Å². The first-order chi connectivity index (χ1) is 9.94. The van der Waals surface area contributed by atoms with Crippen molar-refractivity contribution in [1.82, 2.24) is 4.72 Å². The van der Waals surface area contributed by atoms with Crippen molar-refractivity contribution in [3.05, 3.63) is 28.5 Å². The Morgan fingerprint density at radius 1 is 1.33 bits per heavy atom. The van der Waals surface area contributed by atoms with Crippen molar-refractivity contribution in [2.45, 2.75) is 43.5 Å². The summed E-state index contributed by atoms with van der Waals surface area (Å²) in [4.78, 5) is -0.128. The van der Waals surface area contributed by atoms with E-state index in [-0.39, 0.29) is 22.0 Å². The predicted molar refractivity (Wildman–Crippen MR) is 81.1 cm³/mol. The first-order valence-electron chi connectivity index (χ1n) is 7.11. The molecule has 1 aliphatic rings. The summed E-state index contributed by atoms with van der Waals surface area (Å²) in [7, 11) is -3.73. The first-order valence-corrected chi connectivity index (χ1v) is 8.98. The standard InChI is InChI=1S/C14H20ClFN2O2S/c15-14-11(9-17)7-12(8-13(14)16)21(19,20)18-6-5-10-3-1-2-4-10/h7-8,10,18H,1-6,9,17H2. The van der Waals surface area contributed by atoms with Crippen LogP contribution in [0.25, 0.3) is 0 Å². The van der Waals surface area contributed by atoms with Crippen LogP contribution in [0.2, 0.25) is 5.02 Å². The lowest BCUT2D eigenvalue weighted by atomic mass is 10.1. The molecule has 0 heterocycles. The van der Waals surface area contributed by atoms with E-state index in [1.165, 1.54) is 18.9 Å². The zero-order chi connectivity index (χ0) is 15.5. The lowest BCUT2D eigenvalue weighted by Crippen LogP contribution is -2.26. The van der Waals surface area contributed by atoms with Gasteiger partial charge < -0.3 is 5.73 Å². The van der Waals surface area contributed by atoms with E-state index >= 15 is 0 Å².